The molecule has 28 heavy (non-hydrogen) atoms. The number of rotatable bonds is 5. The summed E-state index contributed by atoms with van der Waals surface area (Å²) in [5, 5.41) is 6.07. The van der Waals surface area contributed by atoms with Crippen LogP contribution >= 0.6 is 22.9 Å². The normalized spacial score (nSPS) is 17.4. The van der Waals surface area contributed by atoms with Crippen LogP contribution in [0.5, 0.6) is 0 Å². The third kappa shape index (κ3) is 4.76. The van der Waals surface area contributed by atoms with Gasteiger partial charge in [-0.25, -0.2) is 4.98 Å². The van der Waals surface area contributed by atoms with Crippen LogP contribution < -0.4 is 5.32 Å². The Morgan fingerprint density at radius 3 is 3.00 bits per heavy atom. The first kappa shape index (κ1) is 19.1. The minimum Gasteiger partial charge on any atom is -0.301 e. The molecule has 2 aromatic heterocycles. The summed E-state index contributed by atoms with van der Waals surface area (Å²) in [7, 11) is 0. The Morgan fingerprint density at radius 2 is 2.18 bits per heavy atom. The van der Waals surface area contributed by atoms with Gasteiger partial charge in [0.25, 0.3) is 0 Å². The molecule has 144 valence electrons. The summed E-state index contributed by atoms with van der Waals surface area (Å²) < 4.78 is 0. The molecule has 3 heterocycles. The van der Waals surface area contributed by atoms with Gasteiger partial charge in [0.05, 0.1) is 12.2 Å². The van der Waals surface area contributed by atoms with Gasteiger partial charge in [0, 0.05) is 40.3 Å². The first-order valence-corrected chi connectivity index (χ1v) is 10.6. The fourth-order valence-corrected chi connectivity index (χ4v) is 4.31. The van der Waals surface area contributed by atoms with E-state index in [0.717, 1.165) is 42.9 Å². The van der Waals surface area contributed by atoms with Crippen LogP contribution in [0.3, 0.4) is 0 Å². The number of benzene rings is 1. The average molecular weight is 413 g/mol. The van der Waals surface area contributed by atoms with Crippen LogP contribution in [0.25, 0.3) is 11.3 Å². The Morgan fingerprint density at radius 1 is 1.29 bits per heavy atom. The van der Waals surface area contributed by atoms with Gasteiger partial charge in [0.2, 0.25) is 5.91 Å². The Balaban J connectivity index is 1.43. The lowest BCUT2D eigenvalue weighted by Crippen LogP contribution is -2.40. The monoisotopic (exact) mass is 412 g/mol. The number of thiazole rings is 1. The van der Waals surface area contributed by atoms with Crippen molar-refractivity contribution in [2.75, 3.05) is 25.0 Å². The highest BCUT2D eigenvalue weighted by molar-refractivity contribution is 7.13. The van der Waals surface area contributed by atoms with Crippen LogP contribution in [0.4, 0.5) is 5.13 Å². The summed E-state index contributed by atoms with van der Waals surface area (Å²) in [4.78, 5) is 23.5. The molecule has 7 heteroatoms. The van der Waals surface area contributed by atoms with E-state index < -0.39 is 0 Å². The van der Waals surface area contributed by atoms with Crippen LogP contribution in [-0.4, -0.2) is 40.4 Å². The number of carbonyl (C=O) groups is 1. The van der Waals surface area contributed by atoms with Crippen LogP contribution in [-0.2, 0) is 4.79 Å². The number of carbonyl (C=O) groups excluding carboxylic acids is 1. The lowest BCUT2D eigenvalue weighted by atomic mass is 9.94. The Bertz CT molecular complexity index is 947. The molecule has 1 amide bonds. The van der Waals surface area contributed by atoms with Crippen molar-refractivity contribution >= 4 is 34.0 Å². The molecule has 4 rings (SSSR count). The van der Waals surface area contributed by atoms with Gasteiger partial charge in [-0.3, -0.25) is 14.7 Å². The van der Waals surface area contributed by atoms with E-state index >= 15 is 0 Å². The highest BCUT2D eigenvalue weighted by Gasteiger charge is 2.24. The molecule has 1 N–H and O–H groups in total. The zero-order valence-corrected chi connectivity index (χ0v) is 16.9. The molecule has 0 aliphatic carbocycles. The van der Waals surface area contributed by atoms with Gasteiger partial charge >= 0.3 is 0 Å². The number of amides is 1. The quantitative estimate of drug-likeness (QED) is 0.661. The number of hydrogen-bond donors (Lipinski definition) is 1. The van der Waals surface area contributed by atoms with Crippen molar-refractivity contribution in [3.05, 3.63) is 64.8 Å². The summed E-state index contributed by atoms with van der Waals surface area (Å²) in [6.45, 7) is 2.14. The summed E-state index contributed by atoms with van der Waals surface area (Å²) in [5.74, 6) is 0.303. The van der Waals surface area contributed by atoms with Gasteiger partial charge in [0.15, 0.2) is 5.13 Å². The summed E-state index contributed by atoms with van der Waals surface area (Å²) in [6.07, 6.45) is 3.82. The van der Waals surface area contributed by atoms with Crippen LogP contribution in [0, 0.1) is 0 Å². The van der Waals surface area contributed by atoms with Gasteiger partial charge in [-0.2, -0.15) is 0 Å². The molecule has 1 aromatic carbocycles. The summed E-state index contributed by atoms with van der Waals surface area (Å²) in [6, 6.07) is 13.9. The highest BCUT2D eigenvalue weighted by Crippen LogP contribution is 2.28. The van der Waals surface area contributed by atoms with E-state index in [0.29, 0.717) is 22.6 Å². The predicted octanol–water partition coefficient (Wildman–Crippen LogP) is 4.68. The number of likely N-dealkylation sites (tertiary alicyclic amines) is 1. The summed E-state index contributed by atoms with van der Waals surface area (Å²) in [5.41, 5.74) is 3.02. The fraction of sp³-hybridized carbons (Fsp3) is 0.286. The molecule has 0 spiro atoms. The number of nitrogens with zero attached hydrogens (tertiary/aromatic N) is 3. The second-order valence-corrected chi connectivity index (χ2v) is 8.25. The zero-order valence-electron chi connectivity index (χ0n) is 15.3. The van der Waals surface area contributed by atoms with Crippen LogP contribution in [0.15, 0.2) is 54.0 Å². The number of hydrogen-bond acceptors (Lipinski definition) is 5. The van der Waals surface area contributed by atoms with Crippen molar-refractivity contribution in [2.24, 2.45) is 0 Å². The second-order valence-electron chi connectivity index (χ2n) is 6.92. The molecule has 3 aromatic rings. The zero-order chi connectivity index (χ0) is 19.3. The van der Waals surface area contributed by atoms with Crippen molar-refractivity contribution in [1.29, 1.82) is 0 Å². The third-order valence-corrected chi connectivity index (χ3v) is 5.78. The maximum atomic E-state index is 12.3. The number of piperidine rings is 1. The standard InChI is InChI=1S/C21H21ClN4OS/c22-17-6-1-4-15(12-17)18-7-2-8-19(24-18)16-5-3-10-26(13-16)14-20(27)25-21-23-9-11-28-21/h1-2,4,6-9,11-12,16H,3,5,10,13-14H2,(H,23,25,27)/t16-/m1/s1. The number of anilines is 1. The number of aromatic nitrogens is 2. The Hall–Kier alpha value is -2.28. The molecule has 1 aliphatic heterocycles. The highest BCUT2D eigenvalue weighted by atomic mass is 35.5. The van der Waals surface area contributed by atoms with E-state index in [1.54, 1.807) is 6.20 Å². The van der Waals surface area contributed by atoms with E-state index in [-0.39, 0.29) is 5.91 Å². The van der Waals surface area contributed by atoms with E-state index in [1.807, 2.05) is 41.8 Å². The smallest absolute Gasteiger partial charge is 0.240 e. The molecule has 0 saturated carbocycles. The molecule has 1 fully saturated rings. The lowest BCUT2D eigenvalue weighted by molar-refractivity contribution is -0.117. The van der Waals surface area contributed by atoms with E-state index in [4.69, 9.17) is 16.6 Å². The average Bonchev–Trinajstić information content (AvgIpc) is 3.21. The van der Waals surface area contributed by atoms with Crippen LogP contribution in [0.1, 0.15) is 24.5 Å². The van der Waals surface area contributed by atoms with Gasteiger partial charge in [-0.1, -0.05) is 29.8 Å². The molecule has 0 bridgehead atoms. The van der Waals surface area contributed by atoms with Gasteiger partial charge in [-0.05, 0) is 43.7 Å². The van der Waals surface area contributed by atoms with E-state index in [1.165, 1.54) is 11.3 Å². The van der Waals surface area contributed by atoms with E-state index in [2.05, 4.69) is 21.3 Å². The molecule has 1 saturated heterocycles. The Labute approximate surface area is 173 Å². The van der Waals surface area contributed by atoms with Crippen LogP contribution in [0.2, 0.25) is 5.02 Å². The van der Waals surface area contributed by atoms with E-state index in [9.17, 15) is 4.79 Å². The molecule has 5 nitrogen and oxygen atoms in total. The third-order valence-electron chi connectivity index (χ3n) is 4.86. The van der Waals surface area contributed by atoms with Crippen molar-refractivity contribution in [3.8, 4) is 11.3 Å². The van der Waals surface area contributed by atoms with Gasteiger partial charge in [0.1, 0.15) is 0 Å². The first-order chi connectivity index (χ1) is 13.7. The maximum absolute atomic E-state index is 12.3. The molecular weight excluding hydrogens is 392 g/mol. The van der Waals surface area contributed by atoms with Crippen molar-refractivity contribution in [2.45, 2.75) is 18.8 Å². The molecular formula is C21H21ClN4OS. The number of pyridine rings is 1. The Kier molecular flexibility index (Phi) is 6.00. The molecule has 1 aliphatic rings. The molecule has 0 unspecified atom stereocenters. The maximum Gasteiger partial charge on any atom is 0.240 e. The second kappa shape index (κ2) is 8.82. The van der Waals surface area contributed by atoms with Gasteiger partial charge in [-0.15, -0.1) is 11.3 Å². The van der Waals surface area contributed by atoms with Gasteiger partial charge < -0.3 is 5.32 Å². The molecule has 1 atom stereocenters. The minimum absolute atomic E-state index is 0.0174. The first-order valence-electron chi connectivity index (χ1n) is 9.32. The summed E-state index contributed by atoms with van der Waals surface area (Å²) >= 11 is 7.56. The SMILES string of the molecule is O=C(CN1CCC[C@@H](c2cccc(-c3cccc(Cl)c3)n2)C1)Nc1nccs1. The van der Waals surface area contributed by atoms with Crippen molar-refractivity contribution in [1.82, 2.24) is 14.9 Å². The largest absolute Gasteiger partial charge is 0.301 e. The fourth-order valence-electron chi connectivity index (χ4n) is 3.58. The van der Waals surface area contributed by atoms with Crippen molar-refractivity contribution in [3.63, 3.8) is 0 Å². The minimum atomic E-state index is -0.0174. The number of halogens is 1. The molecule has 0 radical (unpaired) electrons. The predicted molar refractivity (Wildman–Crippen MR) is 114 cm³/mol. The topological polar surface area (TPSA) is 58.1 Å². The van der Waals surface area contributed by atoms with Crippen molar-refractivity contribution < 1.29 is 4.79 Å². The number of nitrogens with one attached hydrogen (secondary N) is 1. The lowest BCUT2D eigenvalue weighted by Gasteiger charge is -2.32.